The summed E-state index contributed by atoms with van der Waals surface area (Å²) < 4.78 is 5.84. The second-order valence-corrected chi connectivity index (χ2v) is 6.65. The van der Waals surface area contributed by atoms with Crippen LogP contribution in [0.15, 0.2) is 67.3 Å². The van der Waals surface area contributed by atoms with Gasteiger partial charge in [-0.1, -0.05) is 49.1 Å². The molecule has 0 bridgehead atoms. The average molecular weight is 348 g/mol. The van der Waals surface area contributed by atoms with Crippen LogP contribution in [0.25, 0.3) is 0 Å². The Labute approximate surface area is 152 Å². The lowest BCUT2D eigenvalue weighted by Crippen LogP contribution is -2.29. The molecule has 3 unspecified atom stereocenters. The van der Waals surface area contributed by atoms with Crippen LogP contribution in [0.1, 0.15) is 29.5 Å². The number of nitro groups is 1. The molecule has 1 N–H and O–H groups in total. The molecule has 3 atom stereocenters. The van der Waals surface area contributed by atoms with E-state index in [0.29, 0.717) is 12.5 Å². The smallest absolute Gasteiger partial charge is 0.269 e. The second kappa shape index (κ2) is 6.67. The van der Waals surface area contributed by atoms with Gasteiger partial charge in [0, 0.05) is 18.1 Å². The number of nitro benzene ring substituents is 1. The minimum atomic E-state index is -0.344. The van der Waals surface area contributed by atoms with Gasteiger partial charge < -0.3 is 10.1 Å². The third-order valence-corrected chi connectivity index (χ3v) is 5.16. The van der Waals surface area contributed by atoms with Crippen molar-refractivity contribution in [1.82, 2.24) is 0 Å². The van der Waals surface area contributed by atoms with Crippen molar-refractivity contribution in [2.75, 3.05) is 11.9 Å². The number of fused-ring (bicyclic) bond motifs is 3. The van der Waals surface area contributed by atoms with Gasteiger partial charge in [0.1, 0.15) is 12.4 Å². The number of nitrogens with zero attached hydrogens (tertiary/aromatic N) is 1. The summed E-state index contributed by atoms with van der Waals surface area (Å²) in [5, 5.41) is 14.8. The van der Waals surface area contributed by atoms with E-state index in [1.54, 1.807) is 18.2 Å². The van der Waals surface area contributed by atoms with Crippen LogP contribution < -0.4 is 10.1 Å². The third kappa shape index (κ3) is 2.75. The molecule has 5 heteroatoms. The quantitative estimate of drug-likeness (QED) is 0.470. The lowest BCUT2D eigenvalue weighted by molar-refractivity contribution is -0.384. The molecule has 4 rings (SSSR count). The number of benzene rings is 2. The van der Waals surface area contributed by atoms with Crippen molar-refractivity contribution >= 4 is 11.4 Å². The molecular weight excluding hydrogens is 328 g/mol. The fourth-order valence-electron chi connectivity index (χ4n) is 4.02. The summed E-state index contributed by atoms with van der Waals surface area (Å²) >= 11 is 0. The van der Waals surface area contributed by atoms with Crippen LogP contribution in [0, 0.1) is 16.0 Å². The Hall–Kier alpha value is -3.08. The number of anilines is 1. The van der Waals surface area contributed by atoms with Crippen LogP contribution in [0.4, 0.5) is 11.4 Å². The number of para-hydroxylation sites is 1. The largest absolute Gasteiger partial charge is 0.487 e. The molecule has 0 saturated carbocycles. The van der Waals surface area contributed by atoms with Gasteiger partial charge in [-0.15, -0.1) is 0 Å². The van der Waals surface area contributed by atoms with E-state index in [9.17, 15) is 10.1 Å². The van der Waals surface area contributed by atoms with Gasteiger partial charge in [0.05, 0.1) is 16.7 Å². The van der Waals surface area contributed by atoms with E-state index < -0.39 is 0 Å². The minimum absolute atomic E-state index is 0.00381. The van der Waals surface area contributed by atoms with E-state index in [1.165, 1.54) is 11.6 Å². The number of non-ortho nitro benzene ring substituents is 1. The zero-order chi connectivity index (χ0) is 18.1. The summed E-state index contributed by atoms with van der Waals surface area (Å²) in [5.74, 6) is 1.40. The van der Waals surface area contributed by atoms with Gasteiger partial charge in [0.15, 0.2) is 0 Å². The van der Waals surface area contributed by atoms with Gasteiger partial charge in [-0.3, -0.25) is 10.1 Å². The highest BCUT2D eigenvalue weighted by Crippen LogP contribution is 2.52. The maximum Gasteiger partial charge on any atom is 0.269 e. The average Bonchev–Trinajstić information content (AvgIpc) is 3.16. The maximum absolute atomic E-state index is 11.2. The molecule has 1 heterocycles. The Morgan fingerprint density at radius 1 is 1.31 bits per heavy atom. The molecular formula is C21H20N2O3. The lowest BCUT2D eigenvalue weighted by Gasteiger charge is -2.38. The predicted octanol–water partition coefficient (Wildman–Crippen LogP) is 4.99. The summed E-state index contributed by atoms with van der Waals surface area (Å²) in [5.41, 5.74) is 3.24. The van der Waals surface area contributed by atoms with Crippen LogP contribution >= 0.6 is 0 Å². The van der Waals surface area contributed by atoms with Crippen molar-refractivity contribution in [2.24, 2.45) is 5.92 Å². The molecule has 132 valence electrons. The van der Waals surface area contributed by atoms with Crippen LogP contribution in [0.3, 0.4) is 0 Å². The van der Waals surface area contributed by atoms with Crippen LogP contribution in [0.5, 0.6) is 5.75 Å². The Balaban J connectivity index is 1.77. The number of nitrogens with one attached hydrogen (secondary N) is 1. The fraction of sp³-hybridized carbons (Fsp3) is 0.238. The molecule has 2 aromatic rings. The summed E-state index contributed by atoms with van der Waals surface area (Å²) in [6, 6.07) is 13.0. The Kier molecular flexibility index (Phi) is 4.21. The standard InChI is InChI=1S/C21H20N2O3/c1-2-12-26-19-11-5-10-18-16-8-4-9-17(16)20(22-21(18)19)14-6-3-7-15(13-14)23(24)25/h2-8,10-11,13,16-17,20,22H,1,9,12H2. The minimum Gasteiger partial charge on any atom is -0.487 e. The van der Waals surface area contributed by atoms with E-state index in [0.717, 1.165) is 23.4 Å². The molecule has 2 aliphatic rings. The zero-order valence-electron chi connectivity index (χ0n) is 14.3. The van der Waals surface area contributed by atoms with Crippen molar-refractivity contribution < 1.29 is 9.66 Å². The monoisotopic (exact) mass is 348 g/mol. The predicted molar refractivity (Wildman–Crippen MR) is 102 cm³/mol. The van der Waals surface area contributed by atoms with Crippen molar-refractivity contribution in [1.29, 1.82) is 0 Å². The second-order valence-electron chi connectivity index (χ2n) is 6.65. The first kappa shape index (κ1) is 16.4. The molecule has 0 spiro atoms. The van der Waals surface area contributed by atoms with Crippen molar-refractivity contribution in [3.63, 3.8) is 0 Å². The molecule has 0 aromatic heterocycles. The van der Waals surface area contributed by atoms with Gasteiger partial charge >= 0.3 is 0 Å². The number of hydrogen-bond donors (Lipinski definition) is 1. The molecule has 1 aliphatic heterocycles. The molecule has 0 radical (unpaired) electrons. The summed E-state index contributed by atoms with van der Waals surface area (Å²) in [7, 11) is 0. The van der Waals surface area contributed by atoms with Gasteiger partial charge in [-0.2, -0.15) is 0 Å². The molecule has 2 aromatic carbocycles. The van der Waals surface area contributed by atoms with Crippen LogP contribution in [-0.4, -0.2) is 11.5 Å². The number of hydrogen-bond acceptors (Lipinski definition) is 4. The maximum atomic E-state index is 11.2. The Morgan fingerprint density at radius 2 is 2.15 bits per heavy atom. The molecule has 0 amide bonds. The highest BCUT2D eigenvalue weighted by molar-refractivity contribution is 5.68. The zero-order valence-corrected chi connectivity index (χ0v) is 14.3. The third-order valence-electron chi connectivity index (χ3n) is 5.16. The van der Waals surface area contributed by atoms with Crippen molar-refractivity contribution in [2.45, 2.75) is 18.4 Å². The van der Waals surface area contributed by atoms with Gasteiger partial charge in [-0.05, 0) is 29.5 Å². The Morgan fingerprint density at radius 3 is 2.96 bits per heavy atom. The van der Waals surface area contributed by atoms with Crippen LogP contribution in [-0.2, 0) is 0 Å². The van der Waals surface area contributed by atoms with Gasteiger partial charge in [0.2, 0.25) is 0 Å². The Bertz CT molecular complexity index is 891. The number of allylic oxidation sites excluding steroid dienone is 2. The van der Waals surface area contributed by atoms with E-state index >= 15 is 0 Å². The summed E-state index contributed by atoms with van der Waals surface area (Å²) in [6.45, 7) is 4.14. The fourth-order valence-corrected chi connectivity index (χ4v) is 4.02. The van der Waals surface area contributed by atoms with Crippen molar-refractivity contribution in [3.05, 3.63) is 88.5 Å². The number of ether oxygens (including phenoxy) is 1. The van der Waals surface area contributed by atoms with E-state index in [2.05, 4.69) is 30.1 Å². The lowest BCUT2D eigenvalue weighted by atomic mass is 9.77. The molecule has 1 aliphatic carbocycles. The SMILES string of the molecule is C=CCOc1cccc2c1NC(c1cccc([N+](=O)[O-])c1)C1CC=CC21. The number of rotatable bonds is 5. The summed E-state index contributed by atoms with van der Waals surface area (Å²) in [6.07, 6.45) is 7.11. The van der Waals surface area contributed by atoms with E-state index in [-0.39, 0.29) is 22.6 Å². The first-order chi connectivity index (χ1) is 12.7. The molecule has 5 nitrogen and oxygen atoms in total. The first-order valence-corrected chi connectivity index (χ1v) is 8.73. The van der Waals surface area contributed by atoms with Gasteiger partial charge in [0.25, 0.3) is 5.69 Å². The van der Waals surface area contributed by atoms with Crippen LogP contribution in [0.2, 0.25) is 0 Å². The van der Waals surface area contributed by atoms with E-state index in [4.69, 9.17) is 4.74 Å². The van der Waals surface area contributed by atoms with Crippen molar-refractivity contribution in [3.8, 4) is 5.75 Å². The normalized spacial score (nSPS) is 22.8. The van der Waals surface area contributed by atoms with E-state index in [1.807, 2.05) is 18.2 Å². The highest BCUT2D eigenvalue weighted by atomic mass is 16.6. The molecule has 0 saturated heterocycles. The molecule has 0 fully saturated rings. The highest BCUT2D eigenvalue weighted by Gasteiger charge is 2.39. The molecule has 26 heavy (non-hydrogen) atoms. The topological polar surface area (TPSA) is 64.4 Å². The summed E-state index contributed by atoms with van der Waals surface area (Å²) in [4.78, 5) is 10.8. The first-order valence-electron chi connectivity index (χ1n) is 8.73. The van der Waals surface area contributed by atoms with Gasteiger partial charge in [-0.25, -0.2) is 0 Å².